The van der Waals surface area contributed by atoms with Crippen LogP contribution in [-0.2, 0) is 20.0 Å². The molecular weight excluding hydrogens is 368 g/mol. The SMILES string of the molecule is Cc1ccc(N(CCNS(C)(=O)=O)S(C)(=O)=O)c(Br)c1. The molecule has 0 amide bonds. The maximum Gasteiger partial charge on any atom is 0.232 e. The Morgan fingerprint density at radius 1 is 1.20 bits per heavy atom. The highest BCUT2D eigenvalue weighted by atomic mass is 79.9. The van der Waals surface area contributed by atoms with Crippen molar-refractivity contribution in [3.8, 4) is 0 Å². The van der Waals surface area contributed by atoms with Crippen molar-refractivity contribution in [1.82, 2.24) is 4.72 Å². The topological polar surface area (TPSA) is 83.6 Å². The zero-order chi connectivity index (χ0) is 15.6. The molecule has 6 nitrogen and oxygen atoms in total. The number of hydrogen-bond donors (Lipinski definition) is 1. The van der Waals surface area contributed by atoms with E-state index in [1.807, 2.05) is 6.92 Å². The summed E-state index contributed by atoms with van der Waals surface area (Å²) in [7, 11) is -6.85. The van der Waals surface area contributed by atoms with Gasteiger partial charge in [-0.2, -0.15) is 0 Å². The highest BCUT2D eigenvalue weighted by Gasteiger charge is 2.19. The molecule has 0 fully saturated rings. The fourth-order valence-electron chi connectivity index (χ4n) is 1.61. The average Bonchev–Trinajstić information content (AvgIpc) is 2.22. The molecule has 0 aliphatic carbocycles. The van der Waals surface area contributed by atoms with Crippen LogP contribution in [0.3, 0.4) is 0 Å². The Morgan fingerprint density at radius 3 is 2.25 bits per heavy atom. The Kier molecular flexibility index (Phi) is 5.59. The zero-order valence-electron chi connectivity index (χ0n) is 11.4. The van der Waals surface area contributed by atoms with Crippen LogP contribution in [-0.4, -0.2) is 42.4 Å². The summed E-state index contributed by atoms with van der Waals surface area (Å²) in [6, 6.07) is 5.28. The Labute approximate surface area is 128 Å². The largest absolute Gasteiger partial charge is 0.268 e. The van der Waals surface area contributed by atoms with Crippen molar-refractivity contribution in [2.75, 3.05) is 29.9 Å². The molecule has 0 radical (unpaired) electrons. The van der Waals surface area contributed by atoms with E-state index in [1.54, 1.807) is 18.2 Å². The minimum atomic E-state index is -3.50. The highest BCUT2D eigenvalue weighted by molar-refractivity contribution is 9.10. The van der Waals surface area contributed by atoms with Gasteiger partial charge >= 0.3 is 0 Å². The summed E-state index contributed by atoms with van der Waals surface area (Å²) in [4.78, 5) is 0. The number of nitrogens with zero attached hydrogens (tertiary/aromatic N) is 1. The summed E-state index contributed by atoms with van der Waals surface area (Å²) in [5.41, 5.74) is 1.47. The minimum absolute atomic E-state index is 0.00617. The van der Waals surface area contributed by atoms with Gasteiger partial charge in [-0.05, 0) is 40.5 Å². The van der Waals surface area contributed by atoms with E-state index in [0.29, 0.717) is 10.2 Å². The molecular formula is C11H17BrN2O4S2. The smallest absolute Gasteiger partial charge is 0.232 e. The summed E-state index contributed by atoms with van der Waals surface area (Å²) in [6.07, 6.45) is 2.11. The molecule has 0 aliphatic rings. The van der Waals surface area contributed by atoms with E-state index in [-0.39, 0.29) is 13.1 Å². The van der Waals surface area contributed by atoms with E-state index in [0.717, 1.165) is 22.4 Å². The maximum atomic E-state index is 11.9. The van der Waals surface area contributed by atoms with Gasteiger partial charge in [-0.25, -0.2) is 21.6 Å². The normalized spacial score (nSPS) is 12.4. The van der Waals surface area contributed by atoms with Gasteiger partial charge in [0, 0.05) is 17.6 Å². The molecule has 0 atom stereocenters. The first kappa shape index (κ1) is 17.4. The summed E-state index contributed by atoms with van der Waals surface area (Å²) in [5.74, 6) is 0. The number of sulfonamides is 2. The average molecular weight is 385 g/mol. The monoisotopic (exact) mass is 384 g/mol. The number of aryl methyl sites for hydroxylation is 1. The lowest BCUT2D eigenvalue weighted by molar-refractivity contribution is 0.583. The Morgan fingerprint density at radius 2 is 1.80 bits per heavy atom. The molecule has 1 aromatic rings. The molecule has 1 rings (SSSR count). The van der Waals surface area contributed by atoms with Gasteiger partial charge in [0.25, 0.3) is 0 Å². The van der Waals surface area contributed by atoms with Gasteiger partial charge in [-0.1, -0.05) is 6.07 Å². The second-order valence-electron chi connectivity index (χ2n) is 4.46. The molecule has 0 unspecified atom stereocenters. The third-order valence-corrected chi connectivity index (χ3v) is 4.99. The fraction of sp³-hybridized carbons (Fsp3) is 0.455. The number of hydrogen-bond acceptors (Lipinski definition) is 4. The standard InChI is InChI=1S/C11H17BrN2O4S2/c1-9-4-5-11(10(12)8-9)14(20(3,17)18)7-6-13-19(2,15)16/h4-5,8,13H,6-7H2,1-3H3. The highest BCUT2D eigenvalue weighted by Crippen LogP contribution is 2.28. The Bertz CT molecular complexity index is 686. The van der Waals surface area contributed by atoms with Crippen LogP contribution in [0.1, 0.15) is 5.56 Å². The predicted molar refractivity (Wildman–Crippen MR) is 83.9 cm³/mol. The lowest BCUT2D eigenvalue weighted by Crippen LogP contribution is -2.38. The van der Waals surface area contributed by atoms with Crippen LogP contribution in [0.4, 0.5) is 5.69 Å². The number of rotatable bonds is 6. The van der Waals surface area contributed by atoms with Gasteiger partial charge in [0.15, 0.2) is 0 Å². The number of halogens is 1. The molecule has 9 heteroatoms. The van der Waals surface area contributed by atoms with Crippen LogP contribution in [0.25, 0.3) is 0 Å². The molecule has 0 aromatic heterocycles. The maximum absolute atomic E-state index is 11.9. The van der Waals surface area contributed by atoms with Crippen LogP contribution in [0, 0.1) is 6.92 Å². The fourth-order valence-corrected chi connectivity index (χ4v) is 3.84. The third kappa shape index (κ3) is 5.39. The van der Waals surface area contributed by atoms with Crippen molar-refractivity contribution in [1.29, 1.82) is 0 Å². The molecule has 1 aromatic carbocycles. The number of benzene rings is 1. The lowest BCUT2D eigenvalue weighted by Gasteiger charge is -2.23. The molecule has 0 bridgehead atoms. The van der Waals surface area contributed by atoms with Crippen molar-refractivity contribution in [3.63, 3.8) is 0 Å². The van der Waals surface area contributed by atoms with Crippen molar-refractivity contribution in [2.45, 2.75) is 6.92 Å². The van der Waals surface area contributed by atoms with Crippen molar-refractivity contribution < 1.29 is 16.8 Å². The van der Waals surface area contributed by atoms with E-state index >= 15 is 0 Å². The molecule has 0 saturated heterocycles. The molecule has 0 spiro atoms. The van der Waals surface area contributed by atoms with E-state index in [4.69, 9.17) is 0 Å². The van der Waals surface area contributed by atoms with Crippen molar-refractivity contribution >= 4 is 41.7 Å². The van der Waals surface area contributed by atoms with E-state index in [9.17, 15) is 16.8 Å². The summed E-state index contributed by atoms with van der Waals surface area (Å²) >= 11 is 3.33. The third-order valence-electron chi connectivity index (χ3n) is 2.45. The van der Waals surface area contributed by atoms with Crippen molar-refractivity contribution in [3.05, 3.63) is 28.2 Å². The van der Waals surface area contributed by atoms with Gasteiger partial charge in [0.2, 0.25) is 20.0 Å². The van der Waals surface area contributed by atoms with E-state index in [1.165, 1.54) is 0 Å². The van der Waals surface area contributed by atoms with Crippen LogP contribution in [0.2, 0.25) is 0 Å². The van der Waals surface area contributed by atoms with Crippen molar-refractivity contribution in [2.24, 2.45) is 0 Å². The van der Waals surface area contributed by atoms with Gasteiger partial charge in [-0.3, -0.25) is 4.31 Å². The van der Waals surface area contributed by atoms with Gasteiger partial charge in [-0.15, -0.1) is 0 Å². The Hall–Kier alpha value is -0.640. The molecule has 114 valence electrons. The zero-order valence-corrected chi connectivity index (χ0v) is 14.6. The molecule has 1 N–H and O–H groups in total. The van der Waals surface area contributed by atoms with Crippen LogP contribution in [0.15, 0.2) is 22.7 Å². The van der Waals surface area contributed by atoms with E-state index in [2.05, 4.69) is 20.7 Å². The van der Waals surface area contributed by atoms with E-state index < -0.39 is 20.0 Å². The minimum Gasteiger partial charge on any atom is -0.268 e. The number of nitrogens with one attached hydrogen (secondary N) is 1. The van der Waals surface area contributed by atoms with Crippen LogP contribution in [0.5, 0.6) is 0 Å². The van der Waals surface area contributed by atoms with Gasteiger partial charge < -0.3 is 0 Å². The summed E-state index contributed by atoms with van der Waals surface area (Å²) in [5, 5.41) is 0. The molecule has 0 saturated carbocycles. The predicted octanol–water partition coefficient (Wildman–Crippen LogP) is 1.07. The Balaban J connectivity index is 3.02. The first-order valence-electron chi connectivity index (χ1n) is 5.69. The quantitative estimate of drug-likeness (QED) is 0.794. The first-order valence-corrected chi connectivity index (χ1v) is 10.2. The second kappa shape index (κ2) is 6.42. The number of anilines is 1. The van der Waals surface area contributed by atoms with Crippen LogP contribution < -0.4 is 9.03 Å². The molecule has 0 heterocycles. The lowest BCUT2D eigenvalue weighted by atomic mass is 10.2. The molecule has 0 aliphatic heterocycles. The first-order chi connectivity index (χ1) is 9.00. The van der Waals surface area contributed by atoms with Crippen LogP contribution >= 0.6 is 15.9 Å². The summed E-state index contributed by atoms with van der Waals surface area (Å²) < 4.78 is 49.8. The van der Waals surface area contributed by atoms with Gasteiger partial charge in [0.1, 0.15) is 0 Å². The van der Waals surface area contributed by atoms with Gasteiger partial charge in [0.05, 0.1) is 18.2 Å². The summed E-state index contributed by atoms with van der Waals surface area (Å²) in [6.45, 7) is 1.92. The second-order valence-corrected chi connectivity index (χ2v) is 9.05. The molecule has 20 heavy (non-hydrogen) atoms.